The predicted octanol–water partition coefficient (Wildman–Crippen LogP) is 5.01. The van der Waals surface area contributed by atoms with Crippen LogP contribution in [0, 0.1) is 0 Å². The van der Waals surface area contributed by atoms with E-state index in [1.165, 1.54) is 12.1 Å². The number of rotatable bonds is 1. The van der Waals surface area contributed by atoms with E-state index in [-0.39, 0.29) is 11.4 Å². The molecule has 0 aliphatic rings. The quantitative estimate of drug-likeness (QED) is 0.662. The summed E-state index contributed by atoms with van der Waals surface area (Å²) in [6.07, 6.45) is -4.41. The van der Waals surface area contributed by atoms with Gasteiger partial charge in [0, 0.05) is 10.0 Å². The van der Waals surface area contributed by atoms with Crippen molar-refractivity contribution in [2.75, 3.05) is 0 Å². The number of H-pyrrole nitrogens is 1. The Kier molecular flexibility index (Phi) is 3.05. The van der Waals surface area contributed by atoms with Crippen molar-refractivity contribution in [3.63, 3.8) is 0 Å². The highest BCUT2D eigenvalue weighted by atomic mass is 79.9. The van der Waals surface area contributed by atoms with Crippen molar-refractivity contribution >= 4 is 27.0 Å². The van der Waals surface area contributed by atoms with Crippen molar-refractivity contribution in [2.24, 2.45) is 0 Å². The maximum Gasteiger partial charge on any atom is 0.417 e. The van der Waals surface area contributed by atoms with E-state index < -0.39 is 11.7 Å². The Balaban J connectivity index is 2.21. The van der Waals surface area contributed by atoms with Crippen LogP contribution in [-0.4, -0.2) is 9.97 Å². The van der Waals surface area contributed by atoms with Gasteiger partial charge in [-0.2, -0.15) is 13.2 Å². The number of aromatic amines is 1. The van der Waals surface area contributed by atoms with Crippen LogP contribution in [0.25, 0.3) is 22.4 Å². The van der Waals surface area contributed by atoms with Crippen LogP contribution < -0.4 is 0 Å². The summed E-state index contributed by atoms with van der Waals surface area (Å²) in [5.74, 6) is 0.214. The lowest BCUT2D eigenvalue weighted by Crippen LogP contribution is -2.07. The summed E-state index contributed by atoms with van der Waals surface area (Å²) in [7, 11) is 0. The minimum atomic E-state index is -4.41. The van der Waals surface area contributed by atoms with Gasteiger partial charge in [-0.1, -0.05) is 34.1 Å². The summed E-state index contributed by atoms with van der Waals surface area (Å²) < 4.78 is 39.9. The van der Waals surface area contributed by atoms with Crippen molar-refractivity contribution in [1.29, 1.82) is 0 Å². The summed E-state index contributed by atoms with van der Waals surface area (Å²) >= 11 is 3.32. The van der Waals surface area contributed by atoms with Gasteiger partial charge >= 0.3 is 6.18 Å². The Morgan fingerprint density at radius 2 is 1.80 bits per heavy atom. The van der Waals surface area contributed by atoms with Gasteiger partial charge in [0.05, 0.1) is 16.6 Å². The fraction of sp³-hybridized carbons (Fsp3) is 0.0714. The first kappa shape index (κ1) is 13.2. The maximum atomic E-state index is 13.0. The molecule has 20 heavy (non-hydrogen) atoms. The molecule has 3 aromatic rings. The van der Waals surface area contributed by atoms with E-state index >= 15 is 0 Å². The normalized spacial score (nSPS) is 12.0. The molecule has 0 radical (unpaired) electrons. The molecule has 0 aliphatic heterocycles. The van der Waals surface area contributed by atoms with E-state index in [4.69, 9.17) is 0 Å². The molecule has 0 fully saturated rings. The molecular formula is C14H8BrF3N2. The molecule has 0 aliphatic carbocycles. The Bertz CT molecular complexity index is 777. The van der Waals surface area contributed by atoms with Crippen LogP contribution >= 0.6 is 15.9 Å². The lowest BCUT2D eigenvalue weighted by molar-refractivity contribution is -0.137. The molecule has 2 aromatic carbocycles. The van der Waals surface area contributed by atoms with E-state index in [1.54, 1.807) is 24.3 Å². The molecular weight excluding hydrogens is 333 g/mol. The first-order chi connectivity index (χ1) is 9.45. The van der Waals surface area contributed by atoms with Crippen LogP contribution in [0.15, 0.2) is 46.9 Å². The van der Waals surface area contributed by atoms with Crippen molar-refractivity contribution in [1.82, 2.24) is 9.97 Å². The number of imidazole rings is 1. The molecule has 1 aromatic heterocycles. The lowest BCUT2D eigenvalue weighted by atomic mass is 10.1. The third kappa shape index (κ3) is 2.31. The molecule has 1 N–H and O–H groups in total. The third-order valence-corrected chi connectivity index (χ3v) is 3.42. The fourth-order valence-corrected chi connectivity index (χ4v) is 2.41. The molecule has 0 atom stereocenters. The fourth-order valence-electron chi connectivity index (χ4n) is 2.05. The standard InChI is InChI=1S/C14H8BrF3N2/c15-8-5-6-11-12(7-8)20-13(19-11)9-3-1-2-4-10(9)14(16,17)18/h1-7H,(H,19,20). The zero-order valence-corrected chi connectivity index (χ0v) is 11.6. The molecule has 0 saturated carbocycles. The largest absolute Gasteiger partial charge is 0.417 e. The number of alkyl halides is 3. The Morgan fingerprint density at radius 1 is 1.05 bits per heavy atom. The summed E-state index contributed by atoms with van der Waals surface area (Å²) in [5, 5.41) is 0. The maximum absolute atomic E-state index is 13.0. The summed E-state index contributed by atoms with van der Waals surface area (Å²) in [4.78, 5) is 7.15. The van der Waals surface area contributed by atoms with Crippen LogP contribution in [0.2, 0.25) is 0 Å². The molecule has 0 spiro atoms. The van der Waals surface area contributed by atoms with E-state index in [0.717, 1.165) is 10.5 Å². The first-order valence-corrected chi connectivity index (χ1v) is 6.56. The van der Waals surface area contributed by atoms with Crippen LogP contribution in [0.3, 0.4) is 0 Å². The van der Waals surface area contributed by atoms with Crippen molar-refractivity contribution in [3.8, 4) is 11.4 Å². The van der Waals surface area contributed by atoms with Crippen LogP contribution in [0.4, 0.5) is 13.2 Å². The van der Waals surface area contributed by atoms with E-state index in [0.29, 0.717) is 11.0 Å². The van der Waals surface area contributed by atoms with Gasteiger partial charge in [-0.3, -0.25) is 0 Å². The summed E-state index contributed by atoms with van der Waals surface area (Å²) in [6, 6.07) is 10.7. The van der Waals surface area contributed by atoms with E-state index in [1.807, 2.05) is 0 Å². The van der Waals surface area contributed by atoms with Gasteiger partial charge in [-0.05, 0) is 24.3 Å². The van der Waals surface area contributed by atoms with Crippen LogP contribution in [0.1, 0.15) is 5.56 Å². The van der Waals surface area contributed by atoms with Crippen molar-refractivity contribution in [2.45, 2.75) is 6.18 Å². The molecule has 0 bridgehead atoms. The highest BCUT2D eigenvalue weighted by Gasteiger charge is 2.34. The molecule has 6 heteroatoms. The highest BCUT2D eigenvalue weighted by molar-refractivity contribution is 9.10. The van der Waals surface area contributed by atoms with E-state index in [2.05, 4.69) is 25.9 Å². The minimum Gasteiger partial charge on any atom is -0.338 e. The number of hydrogen-bond acceptors (Lipinski definition) is 1. The average Bonchev–Trinajstić information content (AvgIpc) is 2.80. The second-order valence-corrected chi connectivity index (χ2v) is 5.21. The second kappa shape index (κ2) is 4.63. The van der Waals surface area contributed by atoms with Crippen LogP contribution in [-0.2, 0) is 6.18 Å². The molecule has 102 valence electrons. The number of hydrogen-bond donors (Lipinski definition) is 1. The molecule has 0 amide bonds. The minimum absolute atomic E-state index is 0.0484. The SMILES string of the molecule is FC(F)(F)c1ccccc1-c1nc2ccc(Br)cc2[nH]1. The molecule has 1 heterocycles. The highest BCUT2D eigenvalue weighted by Crippen LogP contribution is 2.36. The predicted molar refractivity (Wildman–Crippen MR) is 74.2 cm³/mol. The number of nitrogens with one attached hydrogen (secondary N) is 1. The number of fused-ring (bicyclic) bond motifs is 1. The van der Waals surface area contributed by atoms with Crippen molar-refractivity contribution in [3.05, 3.63) is 52.5 Å². The second-order valence-electron chi connectivity index (χ2n) is 4.29. The number of aromatic nitrogens is 2. The Morgan fingerprint density at radius 3 is 2.55 bits per heavy atom. The Labute approximate surface area is 120 Å². The lowest BCUT2D eigenvalue weighted by Gasteiger charge is -2.10. The Hall–Kier alpha value is -1.82. The zero-order chi connectivity index (χ0) is 14.3. The zero-order valence-electron chi connectivity index (χ0n) is 10.0. The van der Waals surface area contributed by atoms with Crippen LogP contribution in [0.5, 0.6) is 0 Å². The molecule has 0 unspecified atom stereocenters. The molecule has 0 saturated heterocycles. The van der Waals surface area contributed by atoms with Gasteiger partial charge in [0.15, 0.2) is 0 Å². The van der Waals surface area contributed by atoms with Gasteiger partial charge in [0.2, 0.25) is 0 Å². The van der Waals surface area contributed by atoms with Gasteiger partial charge in [-0.25, -0.2) is 4.98 Å². The van der Waals surface area contributed by atoms with Gasteiger partial charge < -0.3 is 4.98 Å². The van der Waals surface area contributed by atoms with E-state index in [9.17, 15) is 13.2 Å². The number of halogens is 4. The van der Waals surface area contributed by atoms with Gasteiger partial charge in [0.1, 0.15) is 5.82 Å². The summed E-state index contributed by atoms with van der Waals surface area (Å²) in [5.41, 5.74) is 0.664. The first-order valence-electron chi connectivity index (χ1n) is 5.77. The summed E-state index contributed by atoms with van der Waals surface area (Å²) in [6.45, 7) is 0. The average molecular weight is 341 g/mol. The topological polar surface area (TPSA) is 28.7 Å². The van der Waals surface area contributed by atoms with Gasteiger partial charge in [-0.15, -0.1) is 0 Å². The molecule has 2 nitrogen and oxygen atoms in total. The van der Waals surface area contributed by atoms with Crippen molar-refractivity contribution < 1.29 is 13.2 Å². The number of nitrogens with zero attached hydrogens (tertiary/aromatic N) is 1. The molecule has 3 rings (SSSR count). The smallest absolute Gasteiger partial charge is 0.338 e. The van der Waals surface area contributed by atoms with Gasteiger partial charge in [0.25, 0.3) is 0 Å². The third-order valence-electron chi connectivity index (χ3n) is 2.93. The monoisotopic (exact) mass is 340 g/mol. The number of benzene rings is 2.